The summed E-state index contributed by atoms with van der Waals surface area (Å²) in [7, 11) is 0. The zero-order valence-corrected chi connectivity index (χ0v) is 9.77. The van der Waals surface area contributed by atoms with Crippen molar-refractivity contribution in [1.29, 1.82) is 0 Å². The van der Waals surface area contributed by atoms with Gasteiger partial charge in [-0.1, -0.05) is 19.9 Å². The number of amides is 1. The molecule has 2 aromatic rings. The summed E-state index contributed by atoms with van der Waals surface area (Å²) < 4.78 is 0. The Balaban J connectivity index is 0.000000514. The third kappa shape index (κ3) is 1.67. The summed E-state index contributed by atoms with van der Waals surface area (Å²) in [6.07, 6.45) is 3.19. The highest BCUT2D eigenvalue weighted by Gasteiger charge is 2.20. The van der Waals surface area contributed by atoms with E-state index in [-0.39, 0.29) is 5.91 Å². The van der Waals surface area contributed by atoms with E-state index in [0.717, 1.165) is 11.1 Å². The number of anilines is 1. The number of aromatic nitrogens is 1. The van der Waals surface area contributed by atoms with Crippen molar-refractivity contribution in [1.82, 2.24) is 4.98 Å². The van der Waals surface area contributed by atoms with Crippen molar-refractivity contribution < 1.29 is 4.79 Å². The molecule has 0 unspecified atom stereocenters. The van der Waals surface area contributed by atoms with Crippen LogP contribution in [0.3, 0.4) is 0 Å². The minimum absolute atomic E-state index is 0.240. The van der Waals surface area contributed by atoms with E-state index < -0.39 is 0 Å². The van der Waals surface area contributed by atoms with E-state index in [0.29, 0.717) is 16.6 Å². The Kier molecular flexibility index (Phi) is 2.87. The zero-order chi connectivity index (χ0) is 12.4. The first-order valence-electron chi connectivity index (χ1n) is 5.53. The number of nitrogens with two attached hydrogens (primary N) is 1. The van der Waals surface area contributed by atoms with Gasteiger partial charge in [-0.25, -0.2) is 4.99 Å². The molecule has 1 aliphatic heterocycles. The largest absolute Gasteiger partial charge is 0.398 e. The first kappa shape index (κ1) is 11.3. The van der Waals surface area contributed by atoms with Crippen LogP contribution in [0.15, 0.2) is 29.4 Å². The van der Waals surface area contributed by atoms with Crippen molar-refractivity contribution in [3.05, 3.63) is 35.5 Å². The summed E-state index contributed by atoms with van der Waals surface area (Å²) in [6, 6.07) is 5.36. The fraction of sp³-hybridized carbons (Fsp3) is 0.154. The van der Waals surface area contributed by atoms with Crippen LogP contribution in [0.4, 0.5) is 5.69 Å². The number of fused-ring (bicyclic) bond motifs is 3. The van der Waals surface area contributed by atoms with Gasteiger partial charge in [0.1, 0.15) is 0 Å². The van der Waals surface area contributed by atoms with Crippen LogP contribution in [0.5, 0.6) is 0 Å². The number of nitrogens with zero attached hydrogens (tertiary/aromatic N) is 2. The first-order valence-corrected chi connectivity index (χ1v) is 5.53. The van der Waals surface area contributed by atoms with Gasteiger partial charge in [-0.3, -0.25) is 9.78 Å². The molecule has 1 aliphatic rings. The second kappa shape index (κ2) is 4.33. The van der Waals surface area contributed by atoms with Crippen molar-refractivity contribution in [2.45, 2.75) is 13.8 Å². The van der Waals surface area contributed by atoms with Gasteiger partial charge in [0.05, 0.1) is 11.1 Å². The number of hydrogen-bond acceptors (Lipinski definition) is 3. The molecule has 0 bridgehead atoms. The topological polar surface area (TPSA) is 68.3 Å². The molecular weight excluding hydrogens is 214 g/mol. The second-order valence-electron chi connectivity index (χ2n) is 3.39. The van der Waals surface area contributed by atoms with Gasteiger partial charge in [0.25, 0.3) is 5.91 Å². The van der Waals surface area contributed by atoms with Crippen LogP contribution in [0.25, 0.3) is 10.9 Å². The maximum atomic E-state index is 11.6. The maximum absolute atomic E-state index is 11.6. The van der Waals surface area contributed by atoms with E-state index >= 15 is 0 Å². The molecule has 3 rings (SSSR count). The van der Waals surface area contributed by atoms with Gasteiger partial charge in [0.15, 0.2) is 0 Å². The van der Waals surface area contributed by atoms with Crippen LogP contribution in [-0.4, -0.2) is 17.1 Å². The Morgan fingerprint density at radius 2 is 1.94 bits per heavy atom. The smallest absolute Gasteiger partial charge is 0.278 e. The predicted octanol–water partition coefficient (Wildman–Crippen LogP) is 2.42. The number of rotatable bonds is 0. The Labute approximate surface area is 99.2 Å². The van der Waals surface area contributed by atoms with Crippen LogP contribution in [0, 0.1) is 0 Å². The zero-order valence-electron chi connectivity index (χ0n) is 9.77. The van der Waals surface area contributed by atoms with Gasteiger partial charge in [-0.05, 0) is 12.1 Å². The van der Waals surface area contributed by atoms with Crippen molar-refractivity contribution >= 4 is 28.7 Å². The molecule has 4 nitrogen and oxygen atoms in total. The van der Waals surface area contributed by atoms with E-state index in [2.05, 4.69) is 9.98 Å². The molecule has 0 radical (unpaired) electrons. The monoisotopic (exact) mass is 227 g/mol. The molecule has 1 amide bonds. The molecule has 4 heteroatoms. The van der Waals surface area contributed by atoms with Crippen molar-refractivity contribution in [2.24, 2.45) is 4.99 Å². The summed E-state index contributed by atoms with van der Waals surface area (Å²) in [5.74, 6) is -0.240. The lowest BCUT2D eigenvalue weighted by Crippen LogP contribution is -1.98. The van der Waals surface area contributed by atoms with Crippen molar-refractivity contribution in [3.63, 3.8) is 0 Å². The van der Waals surface area contributed by atoms with E-state index in [9.17, 15) is 4.79 Å². The highest BCUT2D eigenvalue weighted by Crippen LogP contribution is 2.28. The molecule has 1 aromatic carbocycles. The summed E-state index contributed by atoms with van der Waals surface area (Å²) >= 11 is 0. The maximum Gasteiger partial charge on any atom is 0.278 e. The number of benzene rings is 1. The van der Waals surface area contributed by atoms with E-state index in [4.69, 9.17) is 5.73 Å². The molecule has 0 aliphatic carbocycles. The molecule has 0 saturated carbocycles. The lowest BCUT2D eigenvalue weighted by Gasteiger charge is -2.04. The van der Waals surface area contributed by atoms with Gasteiger partial charge in [-0.15, -0.1) is 0 Å². The summed E-state index contributed by atoms with van der Waals surface area (Å²) in [5, 5.41) is 0.706. The molecule has 1 aromatic heterocycles. The van der Waals surface area contributed by atoms with Crippen molar-refractivity contribution in [3.8, 4) is 0 Å². The lowest BCUT2D eigenvalue weighted by molar-refractivity contribution is 0.101. The summed E-state index contributed by atoms with van der Waals surface area (Å²) in [6.45, 7) is 4.00. The van der Waals surface area contributed by atoms with Crippen LogP contribution in [-0.2, 0) is 0 Å². The minimum Gasteiger partial charge on any atom is -0.398 e. The van der Waals surface area contributed by atoms with Crippen LogP contribution >= 0.6 is 0 Å². The quantitative estimate of drug-likeness (QED) is 0.751. The average Bonchev–Trinajstić information content (AvgIpc) is 2.74. The molecule has 2 N–H and O–H groups in total. The fourth-order valence-corrected chi connectivity index (χ4v) is 1.82. The number of hydrogen-bond donors (Lipinski definition) is 1. The molecule has 0 saturated heterocycles. The standard InChI is InChI=1S/C11H7N3O.C2H6/c12-7-3-4-13-8-2-1-6-5-14-11(15)9(6)10(7)8;1-2/h1-5H,(H2,12,13);1-2H3. The second-order valence-corrected chi connectivity index (χ2v) is 3.39. The molecule has 0 spiro atoms. The third-order valence-electron chi connectivity index (χ3n) is 2.51. The van der Waals surface area contributed by atoms with Gasteiger partial charge < -0.3 is 5.73 Å². The number of carbonyl (C=O) groups is 1. The molecule has 86 valence electrons. The SMILES string of the molecule is CC.Nc1ccnc2ccc3c(c12)C(=O)N=C3. The average molecular weight is 227 g/mol. The first-order chi connectivity index (χ1) is 8.27. The fourth-order valence-electron chi connectivity index (χ4n) is 1.82. The van der Waals surface area contributed by atoms with E-state index in [1.54, 1.807) is 18.5 Å². The molecule has 2 heterocycles. The number of pyridine rings is 1. The van der Waals surface area contributed by atoms with Gasteiger partial charge in [-0.2, -0.15) is 0 Å². The predicted molar refractivity (Wildman–Crippen MR) is 69.4 cm³/mol. The van der Waals surface area contributed by atoms with Crippen molar-refractivity contribution in [2.75, 3.05) is 5.73 Å². The Morgan fingerprint density at radius 1 is 1.18 bits per heavy atom. The number of aliphatic imine (C=N–C) groups is 1. The normalized spacial score (nSPS) is 12.2. The van der Waals surface area contributed by atoms with Crippen LogP contribution in [0.1, 0.15) is 29.8 Å². The Hall–Kier alpha value is -2.23. The highest BCUT2D eigenvalue weighted by molar-refractivity contribution is 6.21. The molecule has 0 atom stereocenters. The van der Waals surface area contributed by atoms with Crippen LogP contribution in [0.2, 0.25) is 0 Å². The molecular formula is C13H13N3O. The highest BCUT2D eigenvalue weighted by atomic mass is 16.1. The van der Waals surface area contributed by atoms with Gasteiger partial charge in [0, 0.05) is 29.0 Å². The van der Waals surface area contributed by atoms with Crippen LogP contribution < -0.4 is 5.73 Å². The summed E-state index contributed by atoms with van der Waals surface area (Å²) in [5.41, 5.74) is 8.52. The van der Waals surface area contributed by atoms with Gasteiger partial charge in [0.2, 0.25) is 0 Å². The molecule has 17 heavy (non-hydrogen) atoms. The summed E-state index contributed by atoms with van der Waals surface area (Å²) in [4.78, 5) is 19.5. The van der Waals surface area contributed by atoms with Gasteiger partial charge >= 0.3 is 0 Å². The van der Waals surface area contributed by atoms with E-state index in [1.807, 2.05) is 26.0 Å². The Bertz CT molecular complexity index is 617. The molecule has 0 fully saturated rings. The third-order valence-corrected chi connectivity index (χ3v) is 2.51. The Morgan fingerprint density at radius 3 is 2.71 bits per heavy atom. The number of carbonyl (C=O) groups excluding carboxylic acids is 1. The number of nitrogen functional groups attached to an aromatic ring is 1. The lowest BCUT2D eigenvalue weighted by atomic mass is 10.0. The van der Waals surface area contributed by atoms with E-state index in [1.165, 1.54) is 0 Å². The minimum atomic E-state index is -0.240.